The summed E-state index contributed by atoms with van der Waals surface area (Å²) >= 11 is 1.76. The molecule has 0 bridgehead atoms. The molecule has 1 aliphatic carbocycles. The van der Waals surface area contributed by atoms with Gasteiger partial charge in [0.15, 0.2) is 5.16 Å². The van der Waals surface area contributed by atoms with Gasteiger partial charge in [0.05, 0.1) is 0 Å². The highest BCUT2D eigenvalue weighted by atomic mass is 32.2. The van der Waals surface area contributed by atoms with Crippen LogP contribution < -0.4 is 0 Å². The Morgan fingerprint density at radius 3 is 3.25 bits per heavy atom. The molecule has 1 unspecified atom stereocenters. The first-order valence-electron chi connectivity index (χ1n) is 4.14. The first-order chi connectivity index (χ1) is 5.95. The predicted octanol–water partition coefficient (Wildman–Crippen LogP) is 2.01. The van der Waals surface area contributed by atoms with Gasteiger partial charge in [-0.2, -0.15) is 5.10 Å². The van der Waals surface area contributed by atoms with E-state index >= 15 is 0 Å². The zero-order valence-corrected chi connectivity index (χ0v) is 7.55. The van der Waals surface area contributed by atoms with Crippen molar-refractivity contribution in [3.8, 4) is 0 Å². The molecule has 4 heteroatoms. The van der Waals surface area contributed by atoms with Crippen LogP contribution in [0.2, 0.25) is 0 Å². The third-order valence-electron chi connectivity index (χ3n) is 1.87. The maximum absolute atomic E-state index is 4.07. The zero-order chi connectivity index (χ0) is 8.23. The quantitative estimate of drug-likeness (QED) is 0.709. The van der Waals surface area contributed by atoms with Crippen LogP contribution in [0.15, 0.2) is 23.6 Å². The molecule has 1 aromatic rings. The molecule has 0 saturated carbocycles. The summed E-state index contributed by atoms with van der Waals surface area (Å²) in [5.41, 5.74) is 0. The Labute approximate surface area is 75.7 Å². The van der Waals surface area contributed by atoms with Crippen LogP contribution in [0.5, 0.6) is 0 Å². The molecular weight excluding hydrogens is 170 g/mol. The van der Waals surface area contributed by atoms with Gasteiger partial charge in [0.25, 0.3) is 0 Å². The van der Waals surface area contributed by atoms with E-state index in [1.54, 1.807) is 18.1 Å². The van der Waals surface area contributed by atoms with Gasteiger partial charge in [0.1, 0.15) is 6.33 Å². The highest BCUT2D eigenvalue weighted by Gasteiger charge is 2.10. The molecule has 0 radical (unpaired) electrons. The first kappa shape index (κ1) is 7.86. The molecule has 1 aromatic heterocycles. The second-order valence-electron chi connectivity index (χ2n) is 2.81. The molecule has 64 valence electrons. The molecule has 0 aliphatic heterocycles. The fourth-order valence-corrected chi connectivity index (χ4v) is 2.25. The van der Waals surface area contributed by atoms with Crippen LogP contribution in [0.4, 0.5) is 0 Å². The number of nitrogens with zero attached hydrogens (tertiary/aromatic N) is 2. The van der Waals surface area contributed by atoms with E-state index in [0.29, 0.717) is 5.25 Å². The van der Waals surface area contributed by atoms with Crippen molar-refractivity contribution in [3.63, 3.8) is 0 Å². The Hall–Kier alpha value is -0.770. The highest BCUT2D eigenvalue weighted by Crippen LogP contribution is 2.26. The van der Waals surface area contributed by atoms with Crippen LogP contribution in [0, 0.1) is 0 Å². The summed E-state index contributed by atoms with van der Waals surface area (Å²) in [6, 6.07) is 0. The number of hydrogen-bond acceptors (Lipinski definition) is 3. The standard InChI is InChI=1S/C8H11N3S/c1-2-4-7(5-3-1)12-8-9-6-10-11-8/h2,4,6-7H,1,3,5H2,(H,9,10,11). The molecule has 0 amide bonds. The van der Waals surface area contributed by atoms with Gasteiger partial charge in [-0.05, 0) is 19.3 Å². The lowest BCUT2D eigenvalue weighted by Crippen LogP contribution is -2.02. The maximum atomic E-state index is 4.07. The molecule has 2 rings (SSSR count). The molecule has 1 heterocycles. The van der Waals surface area contributed by atoms with Crippen molar-refractivity contribution in [1.29, 1.82) is 0 Å². The third kappa shape index (κ3) is 1.88. The zero-order valence-electron chi connectivity index (χ0n) is 6.73. The van der Waals surface area contributed by atoms with Gasteiger partial charge in [0.2, 0.25) is 0 Å². The summed E-state index contributed by atoms with van der Waals surface area (Å²) in [5.74, 6) is 0. The van der Waals surface area contributed by atoms with Crippen LogP contribution in [0.25, 0.3) is 0 Å². The third-order valence-corrected chi connectivity index (χ3v) is 2.98. The number of H-pyrrole nitrogens is 1. The van der Waals surface area contributed by atoms with Gasteiger partial charge < -0.3 is 0 Å². The lowest BCUT2D eigenvalue weighted by atomic mass is 10.1. The van der Waals surface area contributed by atoms with Crippen molar-refractivity contribution >= 4 is 11.8 Å². The molecular formula is C8H11N3S. The molecule has 0 aromatic carbocycles. The largest absolute Gasteiger partial charge is 0.254 e. The summed E-state index contributed by atoms with van der Waals surface area (Å²) in [7, 11) is 0. The van der Waals surface area contributed by atoms with Crippen LogP contribution in [-0.4, -0.2) is 20.4 Å². The van der Waals surface area contributed by atoms with Crippen LogP contribution >= 0.6 is 11.8 Å². The average Bonchev–Trinajstić information content (AvgIpc) is 2.59. The Kier molecular flexibility index (Phi) is 2.46. The van der Waals surface area contributed by atoms with Crippen molar-refractivity contribution in [2.24, 2.45) is 0 Å². The summed E-state index contributed by atoms with van der Waals surface area (Å²) in [6.07, 6.45) is 9.83. The Morgan fingerprint density at radius 2 is 2.58 bits per heavy atom. The smallest absolute Gasteiger partial charge is 0.183 e. The fourth-order valence-electron chi connectivity index (χ4n) is 1.27. The predicted molar refractivity (Wildman–Crippen MR) is 49.0 cm³/mol. The number of allylic oxidation sites excluding steroid dienone is 1. The molecule has 0 spiro atoms. The Balaban J connectivity index is 1.94. The number of aromatic nitrogens is 3. The van der Waals surface area contributed by atoms with Gasteiger partial charge in [-0.15, -0.1) is 0 Å². The number of nitrogens with one attached hydrogen (secondary N) is 1. The van der Waals surface area contributed by atoms with Crippen LogP contribution in [-0.2, 0) is 0 Å². The number of thioether (sulfide) groups is 1. The number of hydrogen-bond donors (Lipinski definition) is 1. The van der Waals surface area contributed by atoms with Crippen LogP contribution in [0.1, 0.15) is 19.3 Å². The topological polar surface area (TPSA) is 41.6 Å². The second kappa shape index (κ2) is 3.76. The number of aromatic amines is 1. The van der Waals surface area contributed by atoms with E-state index in [1.807, 2.05) is 0 Å². The van der Waals surface area contributed by atoms with E-state index in [4.69, 9.17) is 0 Å². The molecule has 3 nitrogen and oxygen atoms in total. The minimum Gasteiger partial charge on any atom is -0.254 e. The SMILES string of the molecule is C1=CC(Sc2ncn[nH]2)CCC1. The minimum atomic E-state index is 0.590. The van der Waals surface area contributed by atoms with Gasteiger partial charge in [-0.3, -0.25) is 5.10 Å². The van der Waals surface area contributed by atoms with Crippen molar-refractivity contribution in [2.45, 2.75) is 29.7 Å². The summed E-state index contributed by atoms with van der Waals surface area (Å²) in [5, 5.41) is 8.17. The fraction of sp³-hybridized carbons (Fsp3) is 0.500. The van der Waals surface area contributed by atoms with E-state index in [0.717, 1.165) is 5.16 Å². The molecule has 1 atom stereocenters. The van der Waals surface area contributed by atoms with E-state index in [9.17, 15) is 0 Å². The Morgan fingerprint density at radius 1 is 1.58 bits per heavy atom. The summed E-state index contributed by atoms with van der Waals surface area (Å²) in [4.78, 5) is 4.07. The van der Waals surface area contributed by atoms with E-state index in [-0.39, 0.29) is 0 Å². The van der Waals surface area contributed by atoms with E-state index in [2.05, 4.69) is 27.3 Å². The van der Waals surface area contributed by atoms with Crippen molar-refractivity contribution in [1.82, 2.24) is 15.2 Å². The van der Waals surface area contributed by atoms with Gasteiger partial charge in [-0.25, -0.2) is 4.98 Å². The second-order valence-corrected chi connectivity index (χ2v) is 4.03. The lowest BCUT2D eigenvalue weighted by Gasteiger charge is -2.13. The van der Waals surface area contributed by atoms with Gasteiger partial charge in [-0.1, -0.05) is 23.9 Å². The minimum absolute atomic E-state index is 0.590. The van der Waals surface area contributed by atoms with Crippen molar-refractivity contribution in [3.05, 3.63) is 18.5 Å². The monoisotopic (exact) mass is 181 g/mol. The summed E-state index contributed by atoms with van der Waals surface area (Å²) < 4.78 is 0. The first-order valence-corrected chi connectivity index (χ1v) is 5.02. The van der Waals surface area contributed by atoms with Gasteiger partial charge >= 0.3 is 0 Å². The van der Waals surface area contributed by atoms with Crippen molar-refractivity contribution < 1.29 is 0 Å². The van der Waals surface area contributed by atoms with Crippen molar-refractivity contribution in [2.75, 3.05) is 0 Å². The highest BCUT2D eigenvalue weighted by molar-refractivity contribution is 7.99. The van der Waals surface area contributed by atoms with Crippen LogP contribution in [0.3, 0.4) is 0 Å². The molecule has 0 fully saturated rings. The molecule has 12 heavy (non-hydrogen) atoms. The molecule has 1 N–H and O–H groups in total. The summed E-state index contributed by atoms with van der Waals surface area (Å²) in [6.45, 7) is 0. The van der Waals surface area contributed by atoms with E-state index < -0.39 is 0 Å². The number of rotatable bonds is 2. The molecule has 0 saturated heterocycles. The molecule has 1 aliphatic rings. The average molecular weight is 181 g/mol. The Bertz CT molecular complexity index is 255. The normalized spacial score (nSPS) is 22.8. The van der Waals surface area contributed by atoms with Gasteiger partial charge in [0, 0.05) is 5.25 Å². The maximum Gasteiger partial charge on any atom is 0.183 e. The van der Waals surface area contributed by atoms with E-state index in [1.165, 1.54) is 19.3 Å². The lowest BCUT2D eigenvalue weighted by molar-refractivity contribution is 0.739.